The van der Waals surface area contributed by atoms with Gasteiger partial charge in [0.15, 0.2) is 0 Å². The molecule has 0 aliphatic rings. The fraction of sp³-hybridized carbons (Fsp3) is 0.188. The number of hydrogen-bond donors (Lipinski definition) is 0. The van der Waals surface area contributed by atoms with Gasteiger partial charge in [-0.25, -0.2) is 4.98 Å². The number of aromatic nitrogens is 3. The Labute approximate surface area is 143 Å². The number of hydrogen-bond acceptors (Lipinski definition) is 3. The molecule has 0 saturated carbocycles. The first kappa shape index (κ1) is 17.2. The van der Waals surface area contributed by atoms with Gasteiger partial charge in [0.25, 0.3) is 11.1 Å². The second-order valence-corrected chi connectivity index (χ2v) is 5.82. The Kier molecular flexibility index (Phi) is 4.16. The number of para-hydroxylation sites is 1. The number of rotatable bonds is 2. The van der Waals surface area contributed by atoms with Gasteiger partial charge < -0.3 is 4.57 Å². The lowest BCUT2D eigenvalue weighted by Gasteiger charge is -2.13. The average molecular weight is 370 g/mol. The summed E-state index contributed by atoms with van der Waals surface area (Å²) in [6.07, 6.45) is -3.99. The minimum absolute atomic E-state index is 0.140. The van der Waals surface area contributed by atoms with Crippen molar-refractivity contribution in [2.45, 2.75) is 12.7 Å². The quantitative estimate of drug-likeness (QED) is 0.698. The SMILES string of the molecule is Cn1c(Cn2cc(C(F)(F)F)cc(Cl)c2=O)nc2ccccc2c1=O. The second-order valence-electron chi connectivity index (χ2n) is 5.42. The molecule has 1 aromatic carbocycles. The van der Waals surface area contributed by atoms with E-state index in [2.05, 4.69) is 4.98 Å². The summed E-state index contributed by atoms with van der Waals surface area (Å²) >= 11 is 5.64. The molecule has 5 nitrogen and oxygen atoms in total. The predicted molar refractivity (Wildman–Crippen MR) is 86.8 cm³/mol. The number of nitrogens with zero attached hydrogens (tertiary/aromatic N) is 3. The molecule has 3 aromatic rings. The van der Waals surface area contributed by atoms with E-state index in [1.165, 1.54) is 11.6 Å². The van der Waals surface area contributed by atoms with Gasteiger partial charge in [0.2, 0.25) is 0 Å². The van der Waals surface area contributed by atoms with Crippen LogP contribution in [0, 0.1) is 0 Å². The third kappa shape index (κ3) is 3.17. The maximum atomic E-state index is 12.9. The van der Waals surface area contributed by atoms with Crippen molar-refractivity contribution in [3.63, 3.8) is 0 Å². The molecule has 25 heavy (non-hydrogen) atoms. The maximum Gasteiger partial charge on any atom is 0.417 e. The highest BCUT2D eigenvalue weighted by atomic mass is 35.5. The van der Waals surface area contributed by atoms with Crippen LogP contribution in [0.3, 0.4) is 0 Å². The molecule has 0 saturated heterocycles. The maximum absolute atomic E-state index is 12.9. The summed E-state index contributed by atoms with van der Waals surface area (Å²) < 4.78 is 40.8. The normalized spacial score (nSPS) is 11.9. The van der Waals surface area contributed by atoms with E-state index >= 15 is 0 Å². The highest BCUT2D eigenvalue weighted by molar-refractivity contribution is 6.30. The van der Waals surface area contributed by atoms with Crippen molar-refractivity contribution in [3.05, 3.63) is 73.6 Å². The van der Waals surface area contributed by atoms with Crippen molar-refractivity contribution in [1.82, 2.24) is 14.1 Å². The molecule has 0 fully saturated rings. The molecule has 2 aromatic heterocycles. The predicted octanol–water partition coefficient (Wildman–Crippen LogP) is 2.82. The van der Waals surface area contributed by atoms with Crippen LogP contribution >= 0.6 is 11.6 Å². The third-order valence-corrected chi connectivity index (χ3v) is 4.03. The fourth-order valence-electron chi connectivity index (χ4n) is 2.43. The number of fused-ring (bicyclic) bond motifs is 1. The van der Waals surface area contributed by atoms with Crippen LogP contribution in [0.2, 0.25) is 5.02 Å². The molecule has 130 valence electrons. The Morgan fingerprint density at radius 3 is 2.52 bits per heavy atom. The van der Waals surface area contributed by atoms with E-state index in [0.29, 0.717) is 23.2 Å². The molecule has 2 heterocycles. The molecule has 0 atom stereocenters. The van der Waals surface area contributed by atoms with Crippen LogP contribution in [-0.4, -0.2) is 14.1 Å². The molecular weight excluding hydrogens is 359 g/mol. The number of halogens is 4. The standard InChI is InChI=1S/C16H11ClF3N3O2/c1-22-13(21-12-5-3-2-4-10(12)14(22)24)8-23-7-9(16(18,19)20)6-11(17)15(23)25/h2-7H,8H2,1H3. The van der Waals surface area contributed by atoms with E-state index in [4.69, 9.17) is 11.6 Å². The zero-order valence-electron chi connectivity index (χ0n) is 12.8. The van der Waals surface area contributed by atoms with Gasteiger partial charge in [0.1, 0.15) is 10.8 Å². The van der Waals surface area contributed by atoms with Crippen molar-refractivity contribution in [1.29, 1.82) is 0 Å². The Balaban J connectivity index is 2.17. The van der Waals surface area contributed by atoms with Crippen molar-refractivity contribution in [3.8, 4) is 0 Å². The van der Waals surface area contributed by atoms with E-state index in [1.807, 2.05) is 0 Å². The summed E-state index contributed by atoms with van der Waals surface area (Å²) in [6, 6.07) is 7.16. The van der Waals surface area contributed by atoms with Crippen LogP contribution < -0.4 is 11.1 Å². The second kappa shape index (κ2) is 6.03. The summed E-state index contributed by atoms with van der Waals surface area (Å²) in [6.45, 7) is -0.320. The molecular formula is C16H11ClF3N3O2. The molecule has 0 radical (unpaired) electrons. The summed E-state index contributed by atoms with van der Waals surface area (Å²) in [7, 11) is 1.44. The largest absolute Gasteiger partial charge is 0.417 e. The van der Waals surface area contributed by atoms with Crippen molar-refractivity contribution in [2.24, 2.45) is 7.05 Å². The van der Waals surface area contributed by atoms with E-state index < -0.39 is 22.3 Å². The zero-order chi connectivity index (χ0) is 18.4. The summed E-state index contributed by atoms with van der Waals surface area (Å²) in [4.78, 5) is 28.7. The monoisotopic (exact) mass is 369 g/mol. The van der Waals surface area contributed by atoms with Crippen molar-refractivity contribution in [2.75, 3.05) is 0 Å². The fourth-order valence-corrected chi connectivity index (χ4v) is 2.66. The van der Waals surface area contributed by atoms with Gasteiger partial charge in [-0.3, -0.25) is 14.2 Å². The molecule has 0 amide bonds. The van der Waals surface area contributed by atoms with E-state index in [0.717, 1.165) is 4.57 Å². The van der Waals surface area contributed by atoms with E-state index in [9.17, 15) is 22.8 Å². The minimum Gasteiger partial charge on any atom is -0.306 e. The first-order valence-corrected chi connectivity index (χ1v) is 7.48. The number of alkyl halides is 3. The zero-order valence-corrected chi connectivity index (χ0v) is 13.6. The van der Waals surface area contributed by atoms with Crippen LogP contribution in [0.15, 0.2) is 46.1 Å². The topological polar surface area (TPSA) is 56.9 Å². The lowest BCUT2D eigenvalue weighted by Crippen LogP contribution is -2.28. The highest BCUT2D eigenvalue weighted by Gasteiger charge is 2.32. The van der Waals surface area contributed by atoms with Crippen LogP contribution in [-0.2, 0) is 19.8 Å². The molecule has 0 bridgehead atoms. The Hall–Kier alpha value is -2.61. The summed E-state index contributed by atoms with van der Waals surface area (Å²) in [5.74, 6) is 0.140. The van der Waals surface area contributed by atoms with Gasteiger partial charge in [-0.1, -0.05) is 23.7 Å². The lowest BCUT2D eigenvalue weighted by molar-refractivity contribution is -0.138. The first-order chi connectivity index (χ1) is 11.7. The van der Waals surface area contributed by atoms with Crippen LogP contribution in [0.4, 0.5) is 13.2 Å². The van der Waals surface area contributed by atoms with Gasteiger partial charge in [-0.15, -0.1) is 0 Å². The van der Waals surface area contributed by atoms with E-state index in [-0.39, 0.29) is 17.9 Å². The summed E-state index contributed by atoms with van der Waals surface area (Å²) in [5, 5.41) is -0.177. The smallest absolute Gasteiger partial charge is 0.306 e. The van der Waals surface area contributed by atoms with Crippen LogP contribution in [0.25, 0.3) is 10.9 Å². The van der Waals surface area contributed by atoms with Crippen molar-refractivity contribution < 1.29 is 13.2 Å². The molecule has 0 aliphatic carbocycles. The molecule has 0 spiro atoms. The van der Waals surface area contributed by atoms with Gasteiger partial charge in [0, 0.05) is 13.2 Å². The van der Waals surface area contributed by atoms with Gasteiger partial charge in [0.05, 0.1) is 23.0 Å². The van der Waals surface area contributed by atoms with Gasteiger partial charge >= 0.3 is 6.18 Å². The molecule has 0 unspecified atom stereocenters. The van der Waals surface area contributed by atoms with Crippen molar-refractivity contribution >= 4 is 22.5 Å². The van der Waals surface area contributed by atoms with Crippen LogP contribution in [0.1, 0.15) is 11.4 Å². The summed E-state index contributed by atoms with van der Waals surface area (Å²) in [5.41, 5.74) is -1.81. The van der Waals surface area contributed by atoms with E-state index in [1.54, 1.807) is 24.3 Å². The molecule has 3 rings (SSSR count). The minimum atomic E-state index is -4.65. The highest BCUT2D eigenvalue weighted by Crippen LogP contribution is 2.29. The van der Waals surface area contributed by atoms with Gasteiger partial charge in [-0.2, -0.15) is 13.2 Å². The van der Waals surface area contributed by atoms with Crippen LogP contribution in [0.5, 0.6) is 0 Å². The Morgan fingerprint density at radius 1 is 1.16 bits per heavy atom. The molecule has 9 heteroatoms. The average Bonchev–Trinajstić information content (AvgIpc) is 2.55. The number of pyridine rings is 1. The first-order valence-electron chi connectivity index (χ1n) is 7.10. The Bertz CT molecular complexity index is 1090. The lowest BCUT2D eigenvalue weighted by atomic mass is 10.2. The molecule has 0 aliphatic heterocycles. The Morgan fingerprint density at radius 2 is 1.84 bits per heavy atom. The third-order valence-electron chi connectivity index (χ3n) is 3.76. The number of benzene rings is 1. The van der Waals surface area contributed by atoms with Gasteiger partial charge in [-0.05, 0) is 18.2 Å². The molecule has 0 N–H and O–H groups in total.